The average Bonchev–Trinajstić information content (AvgIpc) is 1.85. The normalized spacial score (nSPS) is 13.3. The molecule has 0 heterocycles. The molecule has 1 unspecified atom stereocenters. The quantitative estimate of drug-likeness (QED) is 0.492. The predicted octanol–water partition coefficient (Wildman–Crippen LogP) is 0.538. The third-order valence-corrected chi connectivity index (χ3v) is 1.06. The molecule has 3 nitrogen and oxygen atoms in total. The van der Waals surface area contributed by atoms with Crippen LogP contribution in [-0.2, 0) is 9.53 Å². The lowest BCUT2D eigenvalue weighted by atomic mass is 10.4. The van der Waals surface area contributed by atoms with Crippen LogP contribution in [0.3, 0.4) is 0 Å². The van der Waals surface area contributed by atoms with E-state index in [1.807, 2.05) is 0 Å². The van der Waals surface area contributed by atoms with Crippen molar-refractivity contribution in [2.45, 2.75) is 26.1 Å². The SMILES string of the molecule is CC(C)OC(=O)C(O)CCl. The van der Waals surface area contributed by atoms with E-state index in [1.165, 1.54) is 0 Å². The molecule has 0 radical (unpaired) electrons. The average molecular weight is 167 g/mol. The Labute approximate surface area is 64.9 Å². The van der Waals surface area contributed by atoms with E-state index in [-0.39, 0.29) is 12.0 Å². The zero-order valence-corrected chi connectivity index (χ0v) is 6.76. The summed E-state index contributed by atoms with van der Waals surface area (Å²) in [6, 6.07) is 0. The van der Waals surface area contributed by atoms with Gasteiger partial charge in [-0.15, -0.1) is 11.6 Å². The fraction of sp³-hybridized carbons (Fsp3) is 0.833. The van der Waals surface area contributed by atoms with Gasteiger partial charge in [-0.1, -0.05) is 0 Å². The number of alkyl halides is 1. The largest absolute Gasteiger partial charge is 0.461 e. The molecule has 0 aromatic heterocycles. The Balaban J connectivity index is 3.62. The molecule has 0 bridgehead atoms. The lowest BCUT2D eigenvalue weighted by Crippen LogP contribution is -2.26. The number of carbonyl (C=O) groups is 1. The summed E-state index contributed by atoms with van der Waals surface area (Å²) in [6.45, 7) is 3.41. The minimum absolute atomic E-state index is 0.119. The lowest BCUT2D eigenvalue weighted by Gasteiger charge is -2.09. The van der Waals surface area contributed by atoms with Crippen molar-refractivity contribution in [3.05, 3.63) is 0 Å². The monoisotopic (exact) mass is 166 g/mol. The van der Waals surface area contributed by atoms with Crippen molar-refractivity contribution < 1.29 is 14.6 Å². The zero-order chi connectivity index (χ0) is 8.15. The summed E-state index contributed by atoms with van der Waals surface area (Å²) in [6.07, 6.45) is -1.39. The molecule has 0 saturated carbocycles. The van der Waals surface area contributed by atoms with Gasteiger partial charge in [0.25, 0.3) is 0 Å². The Morgan fingerprint density at radius 3 is 2.50 bits per heavy atom. The zero-order valence-electron chi connectivity index (χ0n) is 6.00. The lowest BCUT2D eigenvalue weighted by molar-refractivity contribution is -0.156. The smallest absolute Gasteiger partial charge is 0.336 e. The molecule has 0 spiro atoms. The molecule has 0 aromatic rings. The molecule has 0 aliphatic rings. The third-order valence-electron chi connectivity index (χ3n) is 0.770. The molecule has 0 amide bonds. The van der Waals surface area contributed by atoms with Gasteiger partial charge < -0.3 is 9.84 Å². The summed E-state index contributed by atoms with van der Waals surface area (Å²) >= 11 is 5.18. The molecule has 1 atom stereocenters. The number of esters is 1. The number of hydrogen-bond donors (Lipinski definition) is 1. The number of aliphatic hydroxyl groups is 1. The van der Waals surface area contributed by atoms with Crippen LogP contribution in [0.15, 0.2) is 0 Å². The molecule has 1 N–H and O–H groups in total. The van der Waals surface area contributed by atoms with Crippen molar-refractivity contribution in [3.63, 3.8) is 0 Å². The van der Waals surface area contributed by atoms with E-state index in [0.717, 1.165) is 0 Å². The van der Waals surface area contributed by atoms with Gasteiger partial charge in [-0.3, -0.25) is 0 Å². The second kappa shape index (κ2) is 4.52. The maximum absolute atomic E-state index is 10.6. The summed E-state index contributed by atoms with van der Waals surface area (Å²) in [5.41, 5.74) is 0. The number of aliphatic hydroxyl groups excluding tert-OH is 1. The molecule has 0 fully saturated rings. The summed E-state index contributed by atoms with van der Waals surface area (Å²) < 4.78 is 4.63. The van der Waals surface area contributed by atoms with Gasteiger partial charge in [0.15, 0.2) is 6.10 Å². The van der Waals surface area contributed by atoms with Crippen molar-refractivity contribution in [2.75, 3.05) is 5.88 Å². The number of hydrogen-bond acceptors (Lipinski definition) is 3. The van der Waals surface area contributed by atoms with Crippen LogP contribution in [0.4, 0.5) is 0 Å². The molecule has 60 valence electrons. The van der Waals surface area contributed by atoms with Crippen LogP contribution in [0, 0.1) is 0 Å². The van der Waals surface area contributed by atoms with Crippen LogP contribution in [0.5, 0.6) is 0 Å². The number of halogens is 1. The fourth-order valence-corrected chi connectivity index (χ4v) is 0.500. The van der Waals surface area contributed by atoms with E-state index in [1.54, 1.807) is 13.8 Å². The molecule has 0 saturated heterocycles. The maximum Gasteiger partial charge on any atom is 0.336 e. The van der Waals surface area contributed by atoms with Gasteiger partial charge in [-0.2, -0.15) is 0 Å². The summed E-state index contributed by atoms with van der Waals surface area (Å²) in [7, 11) is 0. The van der Waals surface area contributed by atoms with Gasteiger partial charge in [0.05, 0.1) is 12.0 Å². The number of carbonyl (C=O) groups excluding carboxylic acids is 1. The fourth-order valence-electron chi connectivity index (χ4n) is 0.374. The van der Waals surface area contributed by atoms with Gasteiger partial charge in [0, 0.05) is 0 Å². The van der Waals surface area contributed by atoms with E-state index in [2.05, 4.69) is 4.74 Å². The van der Waals surface area contributed by atoms with Gasteiger partial charge in [0.2, 0.25) is 0 Å². The summed E-state index contributed by atoms with van der Waals surface area (Å²) in [4.78, 5) is 10.6. The molecule has 4 heteroatoms. The van der Waals surface area contributed by atoms with Gasteiger partial charge in [0.1, 0.15) is 0 Å². The van der Waals surface area contributed by atoms with E-state index in [0.29, 0.717) is 0 Å². The molecule has 0 aliphatic carbocycles. The van der Waals surface area contributed by atoms with E-state index < -0.39 is 12.1 Å². The first kappa shape index (κ1) is 9.72. The van der Waals surface area contributed by atoms with Crippen molar-refractivity contribution >= 4 is 17.6 Å². The number of ether oxygens (including phenoxy) is 1. The third kappa shape index (κ3) is 3.69. The molecule has 10 heavy (non-hydrogen) atoms. The Morgan fingerprint density at radius 1 is 1.70 bits per heavy atom. The molecule has 0 rings (SSSR count). The first-order valence-corrected chi connectivity index (χ1v) is 3.56. The predicted molar refractivity (Wildman–Crippen MR) is 38.0 cm³/mol. The maximum atomic E-state index is 10.6. The second-order valence-electron chi connectivity index (χ2n) is 2.16. The molecule has 0 aliphatic heterocycles. The number of rotatable bonds is 3. The first-order chi connectivity index (χ1) is 4.57. The molecular weight excluding hydrogens is 156 g/mol. The van der Waals surface area contributed by atoms with E-state index in [4.69, 9.17) is 16.7 Å². The topological polar surface area (TPSA) is 46.5 Å². The van der Waals surface area contributed by atoms with E-state index >= 15 is 0 Å². The Hall–Kier alpha value is -0.280. The Morgan fingerprint density at radius 2 is 2.20 bits per heavy atom. The minimum atomic E-state index is -1.19. The van der Waals surface area contributed by atoms with Crippen molar-refractivity contribution in [1.82, 2.24) is 0 Å². The minimum Gasteiger partial charge on any atom is -0.461 e. The standard InChI is InChI=1S/C6H11ClO3/c1-4(2)10-6(9)5(8)3-7/h4-5,8H,3H2,1-2H3. The Bertz CT molecular complexity index is 114. The van der Waals surface area contributed by atoms with Gasteiger partial charge >= 0.3 is 5.97 Å². The van der Waals surface area contributed by atoms with Crippen LogP contribution in [0.25, 0.3) is 0 Å². The molecular formula is C6H11ClO3. The van der Waals surface area contributed by atoms with Gasteiger partial charge in [-0.25, -0.2) is 4.79 Å². The highest BCUT2D eigenvalue weighted by molar-refractivity contribution is 6.19. The summed E-state index contributed by atoms with van der Waals surface area (Å²) in [5.74, 6) is -0.782. The Kier molecular flexibility index (Phi) is 4.40. The van der Waals surface area contributed by atoms with Crippen LogP contribution >= 0.6 is 11.6 Å². The summed E-state index contributed by atoms with van der Waals surface area (Å²) in [5, 5.41) is 8.77. The molecule has 0 aromatic carbocycles. The van der Waals surface area contributed by atoms with Crippen LogP contribution in [-0.4, -0.2) is 29.2 Å². The van der Waals surface area contributed by atoms with Crippen LogP contribution < -0.4 is 0 Å². The second-order valence-corrected chi connectivity index (χ2v) is 2.46. The van der Waals surface area contributed by atoms with Crippen molar-refractivity contribution in [2.24, 2.45) is 0 Å². The highest BCUT2D eigenvalue weighted by Crippen LogP contribution is 1.95. The van der Waals surface area contributed by atoms with Crippen LogP contribution in [0.1, 0.15) is 13.8 Å². The first-order valence-electron chi connectivity index (χ1n) is 3.02. The highest BCUT2D eigenvalue weighted by atomic mass is 35.5. The van der Waals surface area contributed by atoms with Crippen molar-refractivity contribution in [1.29, 1.82) is 0 Å². The van der Waals surface area contributed by atoms with Crippen molar-refractivity contribution in [3.8, 4) is 0 Å². The van der Waals surface area contributed by atoms with E-state index in [9.17, 15) is 4.79 Å². The highest BCUT2D eigenvalue weighted by Gasteiger charge is 2.15. The van der Waals surface area contributed by atoms with Gasteiger partial charge in [-0.05, 0) is 13.8 Å². The van der Waals surface area contributed by atoms with Crippen LogP contribution in [0.2, 0.25) is 0 Å².